The molecule has 5 heteroatoms. The lowest BCUT2D eigenvalue weighted by Crippen LogP contribution is -2.18. The molecule has 2 aromatic rings. The van der Waals surface area contributed by atoms with Crippen LogP contribution in [0.5, 0.6) is 0 Å². The van der Waals surface area contributed by atoms with Crippen LogP contribution in [0.15, 0.2) is 47.4 Å². The number of aryl methyl sites for hydroxylation is 1. The summed E-state index contributed by atoms with van der Waals surface area (Å²) in [5, 5.41) is 4.73. The molecule has 0 aliphatic heterocycles. The van der Waals surface area contributed by atoms with E-state index in [-0.39, 0.29) is 17.8 Å². The SMILES string of the molecule is O=C(CCn1ncc(=O)c2ccccc21)OCC1CC=CCC1. The Morgan fingerprint density at radius 2 is 2.17 bits per heavy atom. The van der Waals surface area contributed by atoms with Gasteiger partial charge in [0.05, 0.1) is 31.3 Å². The molecular formula is C18H20N2O3. The van der Waals surface area contributed by atoms with Gasteiger partial charge in [-0.25, -0.2) is 0 Å². The summed E-state index contributed by atoms with van der Waals surface area (Å²) in [5.41, 5.74) is 0.634. The fourth-order valence-electron chi connectivity index (χ4n) is 2.83. The number of rotatable bonds is 5. The summed E-state index contributed by atoms with van der Waals surface area (Å²) in [7, 11) is 0. The molecule has 1 aromatic heterocycles. The number of fused-ring (bicyclic) bond motifs is 1. The molecule has 0 spiro atoms. The van der Waals surface area contributed by atoms with Crippen molar-refractivity contribution in [1.29, 1.82) is 0 Å². The maximum absolute atomic E-state index is 11.9. The van der Waals surface area contributed by atoms with Crippen LogP contribution >= 0.6 is 0 Å². The van der Waals surface area contributed by atoms with Gasteiger partial charge >= 0.3 is 5.97 Å². The average Bonchev–Trinajstić information content (AvgIpc) is 2.60. The van der Waals surface area contributed by atoms with Gasteiger partial charge in [-0.05, 0) is 37.3 Å². The van der Waals surface area contributed by atoms with Crippen LogP contribution in [0.25, 0.3) is 10.9 Å². The molecule has 1 heterocycles. The maximum atomic E-state index is 11.9. The molecule has 1 aliphatic carbocycles. The lowest BCUT2D eigenvalue weighted by Gasteiger charge is -2.17. The predicted molar refractivity (Wildman–Crippen MR) is 88.1 cm³/mol. The summed E-state index contributed by atoms with van der Waals surface area (Å²) in [5.74, 6) is 0.222. The van der Waals surface area contributed by atoms with Crippen LogP contribution in [0, 0.1) is 5.92 Å². The summed E-state index contributed by atoms with van der Waals surface area (Å²) >= 11 is 0. The quantitative estimate of drug-likeness (QED) is 0.629. The summed E-state index contributed by atoms with van der Waals surface area (Å²) in [6.45, 7) is 0.895. The predicted octanol–water partition coefficient (Wildman–Crippen LogP) is 2.69. The van der Waals surface area contributed by atoms with Gasteiger partial charge < -0.3 is 4.74 Å². The van der Waals surface area contributed by atoms with Crippen LogP contribution in [0.2, 0.25) is 0 Å². The van der Waals surface area contributed by atoms with Gasteiger partial charge in [-0.15, -0.1) is 0 Å². The number of benzene rings is 1. The lowest BCUT2D eigenvalue weighted by molar-refractivity contribution is -0.145. The maximum Gasteiger partial charge on any atom is 0.307 e. The summed E-state index contributed by atoms with van der Waals surface area (Å²) in [6.07, 6.45) is 9.00. The van der Waals surface area contributed by atoms with Crippen molar-refractivity contribution in [3.63, 3.8) is 0 Å². The van der Waals surface area contributed by atoms with Crippen molar-refractivity contribution in [1.82, 2.24) is 9.78 Å². The van der Waals surface area contributed by atoms with Crippen molar-refractivity contribution in [2.75, 3.05) is 6.61 Å². The first-order valence-electron chi connectivity index (χ1n) is 7.99. The number of hydrogen-bond acceptors (Lipinski definition) is 4. The highest BCUT2D eigenvalue weighted by Gasteiger charge is 2.13. The number of nitrogens with zero attached hydrogens (tertiary/aromatic N) is 2. The van der Waals surface area contributed by atoms with Crippen LogP contribution in [0.4, 0.5) is 0 Å². The van der Waals surface area contributed by atoms with Crippen molar-refractivity contribution in [3.05, 3.63) is 52.8 Å². The smallest absolute Gasteiger partial charge is 0.307 e. The third-order valence-electron chi connectivity index (χ3n) is 4.15. The molecule has 23 heavy (non-hydrogen) atoms. The van der Waals surface area contributed by atoms with E-state index < -0.39 is 0 Å². The number of hydrogen-bond donors (Lipinski definition) is 0. The van der Waals surface area contributed by atoms with Gasteiger partial charge in [0.25, 0.3) is 0 Å². The van der Waals surface area contributed by atoms with Gasteiger partial charge in [0.2, 0.25) is 5.43 Å². The van der Waals surface area contributed by atoms with E-state index in [0.717, 1.165) is 24.8 Å². The second-order valence-electron chi connectivity index (χ2n) is 5.83. The molecule has 120 valence electrons. The zero-order valence-electron chi connectivity index (χ0n) is 13.0. The van der Waals surface area contributed by atoms with E-state index in [2.05, 4.69) is 17.3 Å². The van der Waals surface area contributed by atoms with E-state index in [1.165, 1.54) is 6.20 Å². The highest BCUT2D eigenvalue weighted by molar-refractivity contribution is 5.78. The number of aromatic nitrogens is 2. The fourth-order valence-corrected chi connectivity index (χ4v) is 2.83. The molecule has 0 fully saturated rings. The van der Waals surface area contributed by atoms with Gasteiger partial charge in [0.15, 0.2) is 0 Å². The Labute approximate surface area is 134 Å². The molecule has 3 rings (SSSR count). The lowest BCUT2D eigenvalue weighted by atomic mass is 9.95. The highest BCUT2D eigenvalue weighted by Crippen LogP contribution is 2.18. The first-order valence-corrected chi connectivity index (χ1v) is 7.99. The third kappa shape index (κ3) is 3.86. The van der Waals surface area contributed by atoms with E-state index in [1.54, 1.807) is 10.7 Å². The monoisotopic (exact) mass is 312 g/mol. The van der Waals surface area contributed by atoms with Gasteiger partial charge in [0, 0.05) is 5.39 Å². The second-order valence-corrected chi connectivity index (χ2v) is 5.83. The molecule has 0 saturated heterocycles. The molecule has 0 amide bonds. The van der Waals surface area contributed by atoms with Crippen molar-refractivity contribution >= 4 is 16.9 Å². The zero-order chi connectivity index (χ0) is 16.1. The normalized spacial score (nSPS) is 17.3. The Hall–Kier alpha value is -2.43. The third-order valence-corrected chi connectivity index (χ3v) is 4.15. The summed E-state index contributed by atoms with van der Waals surface area (Å²) in [6, 6.07) is 7.28. The topological polar surface area (TPSA) is 61.2 Å². The first-order chi connectivity index (χ1) is 11.2. The van der Waals surface area contributed by atoms with E-state index in [4.69, 9.17) is 4.74 Å². The molecule has 0 N–H and O–H groups in total. The van der Waals surface area contributed by atoms with E-state index >= 15 is 0 Å². The van der Waals surface area contributed by atoms with Crippen LogP contribution < -0.4 is 5.43 Å². The van der Waals surface area contributed by atoms with Gasteiger partial charge in [-0.1, -0.05) is 24.3 Å². The molecule has 1 unspecified atom stereocenters. The van der Waals surface area contributed by atoms with E-state index in [1.807, 2.05) is 18.2 Å². The highest BCUT2D eigenvalue weighted by atomic mass is 16.5. The van der Waals surface area contributed by atoms with Crippen LogP contribution in [0.3, 0.4) is 0 Å². The first kappa shape index (κ1) is 15.5. The number of ether oxygens (including phenoxy) is 1. The van der Waals surface area contributed by atoms with Crippen molar-refractivity contribution in [2.24, 2.45) is 5.92 Å². The number of carbonyl (C=O) groups is 1. The van der Waals surface area contributed by atoms with E-state index in [9.17, 15) is 9.59 Å². The number of allylic oxidation sites excluding steroid dienone is 2. The minimum Gasteiger partial charge on any atom is -0.465 e. The van der Waals surface area contributed by atoms with Crippen molar-refractivity contribution < 1.29 is 9.53 Å². The number of carbonyl (C=O) groups excluding carboxylic acids is 1. The molecule has 5 nitrogen and oxygen atoms in total. The average molecular weight is 312 g/mol. The van der Waals surface area contributed by atoms with E-state index in [0.29, 0.717) is 24.5 Å². The van der Waals surface area contributed by atoms with Crippen molar-refractivity contribution in [2.45, 2.75) is 32.2 Å². The van der Waals surface area contributed by atoms with Gasteiger partial charge in [-0.2, -0.15) is 5.10 Å². The summed E-state index contributed by atoms with van der Waals surface area (Å²) in [4.78, 5) is 23.7. The fraction of sp³-hybridized carbons (Fsp3) is 0.389. The summed E-state index contributed by atoms with van der Waals surface area (Å²) < 4.78 is 7.05. The Morgan fingerprint density at radius 3 is 3.00 bits per heavy atom. The van der Waals surface area contributed by atoms with Crippen LogP contribution in [-0.4, -0.2) is 22.4 Å². The second kappa shape index (κ2) is 7.22. The standard InChI is InChI=1S/C18H20N2O3/c21-17-12-19-20(16-9-5-4-8-15(16)17)11-10-18(22)23-13-14-6-2-1-3-7-14/h1-2,4-5,8-9,12,14H,3,6-7,10-11,13H2. The molecule has 1 aromatic carbocycles. The Balaban J connectivity index is 1.58. The Kier molecular flexibility index (Phi) is 4.86. The molecule has 1 atom stereocenters. The molecule has 0 bridgehead atoms. The minimum atomic E-state index is -0.218. The number of esters is 1. The van der Waals surface area contributed by atoms with Gasteiger partial charge in [0.1, 0.15) is 0 Å². The van der Waals surface area contributed by atoms with Crippen LogP contribution in [0.1, 0.15) is 25.7 Å². The van der Waals surface area contributed by atoms with Crippen LogP contribution in [-0.2, 0) is 16.1 Å². The molecule has 0 radical (unpaired) electrons. The van der Waals surface area contributed by atoms with Crippen molar-refractivity contribution in [3.8, 4) is 0 Å². The largest absolute Gasteiger partial charge is 0.465 e. The Bertz CT molecular complexity index is 779. The number of para-hydroxylation sites is 1. The zero-order valence-corrected chi connectivity index (χ0v) is 13.0. The Morgan fingerprint density at radius 1 is 1.30 bits per heavy atom. The molecule has 0 saturated carbocycles. The molecular weight excluding hydrogens is 292 g/mol. The minimum absolute atomic E-state index is 0.107. The van der Waals surface area contributed by atoms with Gasteiger partial charge in [-0.3, -0.25) is 14.3 Å². The molecule has 1 aliphatic rings.